The van der Waals surface area contributed by atoms with Crippen LogP contribution in [0.25, 0.3) is 0 Å². The Bertz CT molecular complexity index is 4560. The lowest BCUT2D eigenvalue weighted by atomic mass is 9.93. The molecule has 27 nitrogen and oxygen atoms in total. The maximum absolute atomic E-state index is 15.3. The van der Waals surface area contributed by atoms with Crippen molar-refractivity contribution in [3.05, 3.63) is 287 Å². The topological polar surface area (TPSA) is 326 Å². The molecule has 1 amide bonds. The molecule has 8 aromatic carbocycles. The average molecular weight is 1590 g/mol. The van der Waals surface area contributed by atoms with Gasteiger partial charge in [-0.25, -0.2) is 33.6 Å². The van der Waals surface area contributed by atoms with E-state index in [1.54, 1.807) is 165 Å². The molecule has 5 fully saturated rings. The van der Waals surface area contributed by atoms with Crippen molar-refractivity contribution in [3.8, 4) is 0 Å². The van der Waals surface area contributed by atoms with Crippen LogP contribution in [0.4, 0.5) is 0 Å². The molecule has 5 saturated heterocycles. The van der Waals surface area contributed by atoms with Gasteiger partial charge in [-0.05, 0) is 105 Å². The van der Waals surface area contributed by atoms with Crippen LogP contribution in [0, 0.1) is 0 Å². The molecule has 28 heteroatoms. The Kier molecular flexibility index (Phi) is 27.3. The molecule has 2 N–H and O–H groups in total. The second-order valence-corrected chi connectivity index (χ2v) is 34.9. The van der Waals surface area contributed by atoms with E-state index in [0.717, 1.165) is 0 Å². The summed E-state index contributed by atoms with van der Waals surface area (Å²) in [6, 6.07) is 63.0. The molecule has 115 heavy (non-hydrogen) atoms. The van der Waals surface area contributed by atoms with Crippen molar-refractivity contribution in [2.45, 2.75) is 176 Å². The summed E-state index contributed by atoms with van der Waals surface area (Å²) >= 11 is 0. The van der Waals surface area contributed by atoms with Gasteiger partial charge in [-0.3, -0.25) is 4.79 Å². The van der Waals surface area contributed by atoms with Crippen LogP contribution in [-0.2, 0) is 85.3 Å². The number of aliphatic hydroxyl groups is 1. The van der Waals surface area contributed by atoms with Crippen molar-refractivity contribution in [2.24, 2.45) is 0 Å². The van der Waals surface area contributed by atoms with E-state index in [1.165, 1.54) is 98.8 Å². The third-order valence-electron chi connectivity index (χ3n) is 19.8. The highest BCUT2D eigenvalue weighted by Gasteiger charge is 2.61. The molecule has 0 aliphatic carbocycles. The number of amides is 1. The summed E-state index contributed by atoms with van der Waals surface area (Å²) in [5.74, 6) is -7.20. The summed E-state index contributed by atoms with van der Waals surface area (Å²) in [5, 5.41) is 16.1. The quantitative estimate of drug-likeness (QED) is 0.0274. The minimum absolute atomic E-state index is 0.00819. The van der Waals surface area contributed by atoms with Gasteiger partial charge >= 0.3 is 41.8 Å². The number of ether oxygens (including phenoxy) is 17. The molecule has 0 aromatic heterocycles. The molecule has 8 aromatic rings. The molecule has 5 aliphatic rings. The minimum Gasteiger partial charge on any atom is -0.459 e. The van der Waals surface area contributed by atoms with E-state index in [4.69, 9.17) is 80.5 Å². The van der Waals surface area contributed by atoms with Gasteiger partial charge in [0.05, 0.1) is 57.8 Å². The predicted molar refractivity (Wildman–Crippen MR) is 409 cm³/mol. The zero-order chi connectivity index (χ0) is 80.7. The summed E-state index contributed by atoms with van der Waals surface area (Å²) in [6.45, 7) is 9.78. The molecule has 0 spiro atoms. The number of hydrogen-bond acceptors (Lipinski definition) is 26. The fourth-order valence-corrected chi connectivity index (χ4v) is 14.6. The van der Waals surface area contributed by atoms with E-state index in [2.05, 4.69) is 25.0 Å². The van der Waals surface area contributed by atoms with Crippen LogP contribution >= 0.6 is 0 Å². The van der Waals surface area contributed by atoms with Gasteiger partial charge in [-0.2, -0.15) is 0 Å². The number of rotatable bonds is 27. The number of fused-ring (bicyclic) bond motifs is 1. The number of hydrogen-bond donors (Lipinski definition) is 2. The number of esters is 7. The van der Waals surface area contributed by atoms with Gasteiger partial charge in [-0.15, -0.1) is 0 Å². The van der Waals surface area contributed by atoms with Crippen molar-refractivity contribution >= 4 is 55.8 Å². The Labute approximate surface area is 664 Å². The fraction of sp³-hybridized carbons (Fsp3) is 0.356. The lowest BCUT2D eigenvalue weighted by Crippen LogP contribution is -2.71. The first-order valence-corrected chi connectivity index (χ1v) is 41.6. The zero-order valence-electron chi connectivity index (χ0n) is 63.7. The summed E-state index contributed by atoms with van der Waals surface area (Å²) < 4.78 is 113. The second kappa shape index (κ2) is 38.2. The molecular formula is C87H89NO26Si. The highest BCUT2D eigenvalue weighted by atomic mass is 28.3. The van der Waals surface area contributed by atoms with E-state index in [1.807, 2.05) is 0 Å². The van der Waals surface area contributed by atoms with Crippen molar-refractivity contribution in [1.29, 1.82) is 0 Å². The van der Waals surface area contributed by atoms with Gasteiger partial charge in [0, 0.05) is 27.2 Å². The molecule has 602 valence electrons. The molecule has 21 atom stereocenters. The monoisotopic (exact) mass is 1590 g/mol. The van der Waals surface area contributed by atoms with Gasteiger partial charge in [0.1, 0.15) is 55.4 Å². The van der Waals surface area contributed by atoms with Crippen molar-refractivity contribution in [1.82, 2.24) is 5.32 Å². The fourth-order valence-electron chi connectivity index (χ4n) is 13.9. The van der Waals surface area contributed by atoms with E-state index in [-0.39, 0.29) is 52.2 Å². The molecule has 5 heterocycles. The van der Waals surface area contributed by atoms with Crippen molar-refractivity contribution < 1.29 is 124 Å². The largest absolute Gasteiger partial charge is 0.459 e. The van der Waals surface area contributed by atoms with E-state index < -0.39 is 191 Å². The van der Waals surface area contributed by atoms with E-state index in [9.17, 15) is 38.7 Å². The lowest BCUT2D eigenvalue weighted by Gasteiger charge is -2.53. The summed E-state index contributed by atoms with van der Waals surface area (Å²) in [5.41, 5.74) is 0.978. The third-order valence-corrected chi connectivity index (χ3v) is 21.5. The van der Waals surface area contributed by atoms with Crippen LogP contribution in [0.1, 0.15) is 105 Å². The smallest absolute Gasteiger partial charge is 0.338 e. The summed E-state index contributed by atoms with van der Waals surface area (Å²) in [7, 11) is -1.86. The first kappa shape index (κ1) is 82.3. The van der Waals surface area contributed by atoms with Crippen molar-refractivity contribution in [2.75, 3.05) is 19.8 Å². The highest BCUT2D eigenvalue weighted by molar-refractivity contribution is 6.76. The number of carbonyl (C=O) groups is 8. The van der Waals surface area contributed by atoms with E-state index >= 15 is 4.79 Å². The van der Waals surface area contributed by atoms with Gasteiger partial charge in [0.15, 0.2) is 68.1 Å². The van der Waals surface area contributed by atoms with Crippen LogP contribution in [-0.4, -0.2) is 203 Å². The first-order chi connectivity index (χ1) is 55.6. The van der Waals surface area contributed by atoms with Crippen molar-refractivity contribution in [3.63, 3.8) is 0 Å². The maximum Gasteiger partial charge on any atom is 0.338 e. The Morgan fingerprint density at radius 2 is 0.748 bits per heavy atom. The molecule has 0 bridgehead atoms. The SMILES string of the molecule is CC(=O)N[C@H]1[C@@H](O[C@@H]2[C@@H](OC(=O)c3ccccc3)[C@H](C)O[C@@H](O[C@@H]3[C@@H](OC(=O)c4ccccc4)[C@H](C)O[C@@H](OCC[Si](C)(C)C)[C@@H]3OC(=O)c3ccccc3)[C@@H]2OC(=O)c2ccccc2)O[C@@H]2CO[C@@H](c3ccccc3)O[C@H]2[C@@H]1O[C@H]1O[C@H](COC(=O)c2ccccc2)[C@H](OC(=O)c2ccccc2)[C@H](OC(=O)c2ccccc2)[C@H]1O. The molecule has 13 rings (SSSR count). The van der Waals surface area contributed by atoms with Gasteiger partial charge in [0.2, 0.25) is 5.91 Å². The lowest BCUT2D eigenvalue weighted by molar-refractivity contribution is -0.394. The zero-order valence-corrected chi connectivity index (χ0v) is 64.7. The number of benzene rings is 8. The summed E-state index contributed by atoms with van der Waals surface area (Å²) in [4.78, 5) is 117. The van der Waals surface area contributed by atoms with Crippen LogP contribution in [0.2, 0.25) is 25.7 Å². The molecule has 0 unspecified atom stereocenters. The van der Waals surface area contributed by atoms with Crippen LogP contribution < -0.4 is 5.32 Å². The highest BCUT2D eigenvalue weighted by Crippen LogP contribution is 2.43. The Morgan fingerprint density at radius 1 is 0.391 bits per heavy atom. The Balaban J connectivity index is 0.939. The molecule has 5 aliphatic heterocycles. The minimum atomic E-state index is -2.16. The van der Waals surface area contributed by atoms with Crippen LogP contribution in [0.15, 0.2) is 243 Å². The van der Waals surface area contributed by atoms with Gasteiger partial charge < -0.3 is 90.9 Å². The average Bonchev–Trinajstić information content (AvgIpc) is 0.757. The molecule has 0 saturated carbocycles. The second-order valence-electron chi connectivity index (χ2n) is 29.3. The van der Waals surface area contributed by atoms with Crippen LogP contribution in [0.3, 0.4) is 0 Å². The van der Waals surface area contributed by atoms with Gasteiger partial charge in [0.25, 0.3) is 0 Å². The summed E-state index contributed by atoms with van der Waals surface area (Å²) in [6.07, 6.45) is -33.5. The number of nitrogens with one attached hydrogen (secondary N) is 1. The Morgan fingerprint density at radius 3 is 1.17 bits per heavy atom. The Hall–Kier alpha value is -10.7. The standard InChI is InChI=1S/C87H89NO26Si/c1-51-66(105-77(92)55-33-17-8-18-34-55)72(74(86(101-51)98-47-48-115(4,5)6)109-81(96)59-41-25-12-26-42-59)114-87-75(110-82(97)60-43-27-13-28-44-60)73(67(52(2)102-87)106-78(93)56-35-19-9-20-36-56)113-84-64(88-53(3)89)70(68-63(103-84)50-100-83(111-68)61-45-29-14-30-46-61)112-85-65(90)71(108-80(95)58-39-23-11-24-40-58)69(107-79(94)57-37-21-10-22-38-57)62(104-85)49-99-76(91)54-31-15-7-16-32-54/h7-46,51-52,62-75,83-87,90H,47-50H2,1-6H3,(H,88,89)/t51-,52-,62+,63+,64+,65+,66-,67-,68+,69-,70+,71+,72+,73+,74+,75+,83+,84+,85+,86+,87-/m0/s1. The maximum atomic E-state index is 15.3. The van der Waals surface area contributed by atoms with Gasteiger partial charge in [-0.1, -0.05) is 177 Å². The molecule has 0 radical (unpaired) electrons. The third kappa shape index (κ3) is 20.7. The normalized spacial score (nSPS) is 28.5. The predicted octanol–water partition coefficient (Wildman–Crippen LogP) is 10.6. The van der Waals surface area contributed by atoms with Crippen LogP contribution in [0.5, 0.6) is 0 Å². The van der Waals surface area contributed by atoms with E-state index in [0.29, 0.717) is 11.6 Å². The number of aliphatic hydroxyl groups excluding tert-OH is 1. The number of carbonyl (C=O) groups excluding carboxylic acids is 8. The molecular weight excluding hydrogens is 1500 g/mol. The first-order valence-electron chi connectivity index (χ1n) is 37.9.